The minimum Gasteiger partial charge on any atom is -0.383 e. The fourth-order valence-corrected chi connectivity index (χ4v) is 2.09. The van der Waals surface area contributed by atoms with Crippen molar-refractivity contribution >= 4 is 11.5 Å². The van der Waals surface area contributed by atoms with E-state index in [1.54, 1.807) is 0 Å². The van der Waals surface area contributed by atoms with Crippen LogP contribution in [0.5, 0.6) is 0 Å². The molecular weight excluding hydrogens is 222 g/mol. The molecule has 3 rings (SSSR count). The first kappa shape index (κ1) is 10.8. The van der Waals surface area contributed by atoms with Gasteiger partial charge in [0.05, 0.1) is 0 Å². The fourth-order valence-electron chi connectivity index (χ4n) is 2.09. The highest BCUT2D eigenvalue weighted by molar-refractivity contribution is 5.75. The molecule has 0 spiro atoms. The summed E-state index contributed by atoms with van der Waals surface area (Å²) in [4.78, 5) is 4.61. The number of nitrogens with zero attached hydrogens (tertiary/aromatic N) is 2. The first-order valence-corrected chi connectivity index (χ1v) is 5.96. The van der Waals surface area contributed by atoms with E-state index in [0.717, 1.165) is 16.9 Å². The molecule has 0 aliphatic heterocycles. The van der Waals surface area contributed by atoms with Crippen molar-refractivity contribution in [3.05, 3.63) is 53.7 Å². The summed E-state index contributed by atoms with van der Waals surface area (Å²) in [7, 11) is 0. The van der Waals surface area contributed by atoms with Gasteiger partial charge < -0.3 is 5.73 Å². The molecule has 0 fully saturated rings. The zero-order chi connectivity index (χ0) is 12.7. The lowest BCUT2D eigenvalue weighted by Crippen LogP contribution is -1.94. The highest BCUT2D eigenvalue weighted by atomic mass is 15.1. The zero-order valence-electron chi connectivity index (χ0n) is 10.5. The van der Waals surface area contributed by atoms with E-state index in [2.05, 4.69) is 43.1 Å². The Labute approximate surface area is 106 Å². The molecule has 1 aromatic carbocycles. The normalized spacial score (nSPS) is 11.0. The molecule has 0 bridgehead atoms. The molecular formula is C15H15N3. The van der Waals surface area contributed by atoms with Crippen LogP contribution >= 0.6 is 0 Å². The molecule has 3 aromatic rings. The standard InChI is InChI=1S/C15H15N3/c1-10-3-5-12(6-4-10)14-15(16)18-8-7-11(2)9-13(18)17-14/h3-9H,16H2,1-2H3. The van der Waals surface area contributed by atoms with Crippen LogP contribution in [-0.2, 0) is 0 Å². The second-order valence-electron chi connectivity index (χ2n) is 4.64. The van der Waals surface area contributed by atoms with Crippen molar-refractivity contribution in [3.8, 4) is 11.3 Å². The maximum absolute atomic E-state index is 6.16. The van der Waals surface area contributed by atoms with E-state index in [1.807, 2.05) is 22.7 Å². The third kappa shape index (κ3) is 1.64. The van der Waals surface area contributed by atoms with Crippen molar-refractivity contribution in [3.63, 3.8) is 0 Å². The van der Waals surface area contributed by atoms with Crippen molar-refractivity contribution in [2.24, 2.45) is 0 Å². The van der Waals surface area contributed by atoms with Gasteiger partial charge in [0.15, 0.2) is 0 Å². The number of aryl methyl sites for hydroxylation is 2. The summed E-state index contributed by atoms with van der Waals surface area (Å²) in [6, 6.07) is 12.3. The maximum Gasteiger partial charge on any atom is 0.139 e. The summed E-state index contributed by atoms with van der Waals surface area (Å²) >= 11 is 0. The summed E-state index contributed by atoms with van der Waals surface area (Å²) in [5.74, 6) is 0.689. The average Bonchev–Trinajstić information content (AvgIpc) is 2.67. The van der Waals surface area contributed by atoms with Crippen molar-refractivity contribution in [2.75, 3.05) is 5.73 Å². The molecule has 2 aromatic heterocycles. The van der Waals surface area contributed by atoms with E-state index < -0.39 is 0 Å². The van der Waals surface area contributed by atoms with Gasteiger partial charge in [0.1, 0.15) is 17.2 Å². The number of benzene rings is 1. The lowest BCUT2D eigenvalue weighted by atomic mass is 10.1. The smallest absolute Gasteiger partial charge is 0.139 e. The molecule has 0 saturated heterocycles. The van der Waals surface area contributed by atoms with E-state index in [1.165, 1.54) is 11.1 Å². The molecule has 3 nitrogen and oxygen atoms in total. The first-order chi connectivity index (χ1) is 8.65. The minimum absolute atomic E-state index is 0.689. The minimum atomic E-state index is 0.689. The quantitative estimate of drug-likeness (QED) is 0.706. The summed E-state index contributed by atoms with van der Waals surface area (Å²) in [6.45, 7) is 4.12. The van der Waals surface area contributed by atoms with Gasteiger partial charge in [-0.15, -0.1) is 0 Å². The SMILES string of the molecule is Cc1ccc(-c2nc3cc(C)ccn3c2N)cc1. The van der Waals surface area contributed by atoms with Crippen LogP contribution in [0.25, 0.3) is 16.9 Å². The van der Waals surface area contributed by atoms with Crippen LogP contribution in [-0.4, -0.2) is 9.38 Å². The van der Waals surface area contributed by atoms with Gasteiger partial charge >= 0.3 is 0 Å². The highest BCUT2D eigenvalue weighted by Crippen LogP contribution is 2.26. The zero-order valence-corrected chi connectivity index (χ0v) is 10.5. The number of fused-ring (bicyclic) bond motifs is 1. The van der Waals surface area contributed by atoms with E-state index in [-0.39, 0.29) is 0 Å². The second kappa shape index (κ2) is 3.88. The topological polar surface area (TPSA) is 43.3 Å². The molecule has 2 N–H and O–H groups in total. The van der Waals surface area contributed by atoms with Gasteiger partial charge in [0, 0.05) is 11.8 Å². The first-order valence-electron chi connectivity index (χ1n) is 5.96. The van der Waals surface area contributed by atoms with Gasteiger partial charge in [0.25, 0.3) is 0 Å². The van der Waals surface area contributed by atoms with Crippen LogP contribution in [0.3, 0.4) is 0 Å². The lowest BCUT2D eigenvalue weighted by molar-refractivity contribution is 1.18. The average molecular weight is 237 g/mol. The molecule has 90 valence electrons. The van der Waals surface area contributed by atoms with Gasteiger partial charge in [-0.05, 0) is 31.5 Å². The number of nitrogens with two attached hydrogens (primary N) is 1. The molecule has 0 atom stereocenters. The van der Waals surface area contributed by atoms with Crippen LogP contribution in [0.2, 0.25) is 0 Å². The summed E-state index contributed by atoms with van der Waals surface area (Å²) in [5, 5.41) is 0. The van der Waals surface area contributed by atoms with Crippen molar-refractivity contribution in [2.45, 2.75) is 13.8 Å². The van der Waals surface area contributed by atoms with Crippen LogP contribution in [0.1, 0.15) is 11.1 Å². The third-order valence-corrected chi connectivity index (χ3v) is 3.14. The van der Waals surface area contributed by atoms with Gasteiger partial charge in [0.2, 0.25) is 0 Å². The van der Waals surface area contributed by atoms with E-state index in [0.29, 0.717) is 5.82 Å². The molecule has 3 heteroatoms. The third-order valence-electron chi connectivity index (χ3n) is 3.14. The largest absolute Gasteiger partial charge is 0.383 e. The highest BCUT2D eigenvalue weighted by Gasteiger charge is 2.10. The Morgan fingerprint density at radius 1 is 1.00 bits per heavy atom. The monoisotopic (exact) mass is 237 g/mol. The van der Waals surface area contributed by atoms with Crippen molar-refractivity contribution in [1.82, 2.24) is 9.38 Å². The number of anilines is 1. The van der Waals surface area contributed by atoms with E-state index >= 15 is 0 Å². The number of imidazole rings is 1. The second-order valence-corrected chi connectivity index (χ2v) is 4.64. The molecule has 0 aliphatic carbocycles. The predicted molar refractivity (Wildman–Crippen MR) is 74.5 cm³/mol. The summed E-state index contributed by atoms with van der Waals surface area (Å²) < 4.78 is 1.92. The Morgan fingerprint density at radius 2 is 1.72 bits per heavy atom. The number of hydrogen-bond donors (Lipinski definition) is 1. The Kier molecular flexibility index (Phi) is 2.33. The van der Waals surface area contributed by atoms with Crippen LogP contribution in [0, 0.1) is 13.8 Å². The fraction of sp³-hybridized carbons (Fsp3) is 0.133. The number of nitrogen functional groups attached to an aromatic ring is 1. The van der Waals surface area contributed by atoms with Gasteiger partial charge in [-0.1, -0.05) is 29.8 Å². The summed E-state index contributed by atoms with van der Waals surface area (Å²) in [6.07, 6.45) is 1.96. The van der Waals surface area contributed by atoms with Crippen LogP contribution in [0.4, 0.5) is 5.82 Å². The number of rotatable bonds is 1. The predicted octanol–water partition coefficient (Wildman–Crippen LogP) is 3.20. The van der Waals surface area contributed by atoms with Crippen molar-refractivity contribution in [1.29, 1.82) is 0 Å². The number of aromatic nitrogens is 2. The molecule has 0 saturated carbocycles. The van der Waals surface area contributed by atoms with E-state index in [4.69, 9.17) is 5.73 Å². The molecule has 0 unspecified atom stereocenters. The molecule has 18 heavy (non-hydrogen) atoms. The molecule has 0 radical (unpaired) electrons. The van der Waals surface area contributed by atoms with Crippen molar-refractivity contribution < 1.29 is 0 Å². The Bertz CT molecular complexity index is 708. The maximum atomic E-state index is 6.16. The molecule has 0 aliphatic rings. The summed E-state index contributed by atoms with van der Waals surface area (Å²) in [5.41, 5.74) is 11.4. The van der Waals surface area contributed by atoms with E-state index in [9.17, 15) is 0 Å². The van der Waals surface area contributed by atoms with Gasteiger partial charge in [-0.3, -0.25) is 4.40 Å². The molecule has 2 heterocycles. The Morgan fingerprint density at radius 3 is 2.44 bits per heavy atom. The lowest BCUT2D eigenvalue weighted by Gasteiger charge is -2.00. The number of hydrogen-bond acceptors (Lipinski definition) is 2. The van der Waals surface area contributed by atoms with Crippen LogP contribution in [0.15, 0.2) is 42.6 Å². The van der Waals surface area contributed by atoms with Gasteiger partial charge in [-0.25, -0.2) is 4.98 Å². The van der Waals surface area contributed by atoms with Crippen LogP contribution < -0.4 is 5.73 Å². The van der Waals surface area contributed by atoms with Gasteiger partial charge in [-0.2, -0.15) is 0 Å². The Hall–Kier alpha value is -2.29. The number of pyridine rings is 1. The molecule has 0 amide bonds. The Balaban J connectivity index is 2.23.